The van der Waals surface area contributed by atoms with Crippen LogP contribution in [0.4, 0.5) is 0 Å². The average molecular weight is 566 g/mol. The molecule has 12 heteroatoms. The zero-order valence-corrected chi connectivity index (χ0v) is 23.9. The van der Waals surface area contributed by atoms with Gasteiger partial charge < -0.3 is 25.2 Å². The lowest BCUT2D eigenvalue weighted by Gasteiger charge is -2.18. The summed E-state index contributed by atoms with van der Waals surface area (Å²) < 4.78 is 25.6. The van der Waals surface area contributed by atoms with Crippen LogP contribution < -0.4 is 5.32 Å². The van der Waals surface area contributed by atoms with Crippen LogP contribution in [0, 0.1) is 0 Å². The van der Waals surface area contributed by atoms with Crippen LogP contribution in [0.15, 0.2) is 12.2 Å². The number of hydrogen-bond acceptors (Lipinski definition) is 8. The molecule has 0 saturated carbocycles. The molecule has 1 amide bonds. The summed E-state index contributed by atoms with van der Waals surface area (Å²) in [5, 5.41) is 21.1. The Morgan fingerprint density at radius 2 is 1.37 bits per heavy atom. The maximum atomic E-state index is 12.1. The van der Waals surface area contributed by atoms with Crippen molar-refractivity contribution in [3.05, 3.63) is 12.2 Å². The second-order valence-corrected chi connectivity index (χ2v) is 10.8. The third kappa shape index (κ3) is 23.3. The fourth-order valence-corrected chi connectivity index (χ4v) is 4.22. The maximum Gasteiger partial charge on any atom is 0.472 e. The number of carbonyl (C=O) groups excluding carboxylic acids is 2. The predicted molar refractivity (Wildman–Crippen MR) is 143 cm³/mol. The molecule has 3 unspecified atom stereocenters. The molecule has 0 spiro atoms. The fraction of sp³-hybridized carbons (Fsp3) is 0.808. The van der Waals surface area contributed by atoms with Crippen molar-refractivity contribution in [2.75, 3.05) is 19.8 Å². The fourth-order valence-electron chi connectivity index (χ4n) is 3.45. The van der Waals surface area contributed by atoms with Gasteiger partial charge >= 0.3 is 19.8 Å². The molecule has 0 rings (SSSR count). The van der Waals surface area contributed by atoms with Crippen LogP contribution in [0.2, 0.25) is 0 Å². The number of carboxylic acid groups (broad SMARTS) is 1. The minimum absolute atomic E-state index is 0.136. The topological polar surface area (TPSA) is 169 Å². The highest BCUT2D eigenvalue weighted by atomic mass is 31.2. The second kappa shape index (κ2) is 23.1. The van der Waals surface area contributed by atoms with E-state index in [2.05, 4.69) is 38.2 Å². The van der Waals surface area contributed by atoms with Gasteiger partial charge in [-0.05, 0) is 32.1 Å². The third-order valence-electron chi connectivity index (χ3n) is 5.61. The van der Waals surface area contributed by atoms with E-state index in [0.717, 1.165) is 45.4 Å². The lowest BCUT2D eigenvalue weighted by molar-refractivity contribution is -0.144. The number of hydrogen-bond donors (Lipinski definition) is 4. The summed E-state index contributed by atoms with van der Waals surface area (Å²) in [7, 11) is -4.70. The summed E-state index contributed by atoms with van der Waals surface area (Å²) in [6.45, 7) is 1.43. The molecular weight excluding hydrogens is 517 g/mol. The van der Waals surface area contributed by atoms with Gasteiger partial charge in [-0.15, -0.1) is 0 Å². The van der Waals surface area contributed by atoms with E-state index in [1.165, 1.54) is 38.5 Å². The first kappa shape index (κ1) is 36.2. The van der Waals surface area contributed by atoms with E-state index in [4.69, 9.17) is 0 Å². The third-order valence-corrected chi connectivity index (χ3v) is 6.56. The molecule has 38 heavy (non-hydrogen) atoms. The zero-order valence-electron chi connectivity index (χ0n) is 23.0. The number of nitrogens with one attached hydrogen (secondary N) is 1. The monoisotopic (exact) mass is 565 g/mol. The molecule has 0 aliphatic carbocycles. The number of carboxylic acids is 1. The zero-order chi connectivity index (χ0) is 28.7. The van der Waals surface area contributed by atoms with Gasteiger partial charge in [-0.3, -0.25) is 18.6 Å². The molecule has 222 valence electrons. The molecule has 0 heterocycles. The van der Waals surface area contributed by atoms with Crippen molar-refractivity contribution in [1.29, 1.82) is 0 Å². The Morgan fingerprint density at radius 3 is 1.92 bits per heavy atom. The van der Waals surface area contributed by atoms with Gasteiger partial charge in [0.1, 0.15) is 12.7 Å². The quantitative estimate of drug-likeness (QED) is 0.0529. The Kier molecular flexibility index (Phi) is 22.1. The molecule has 4 N–H and O–H groups in total. The molecule has 0 radical (unpaired) electrons. The second-order valence-electron chi connectivity index (χ2n) is 9.31. The number of ether oxygens (including phenoxy) is 1. The Hall–Kier alpha value is -1.78. The number of aliphatic carboxylic acids is 1. The highest BCUT2D eigenvalue weighted by molar-refractivity contribution is 7.47. The van der Waals surface area contributed by atoms with Crippen molar-refractivity contribution in [2.45, 2.75) is 116 Å². The molecule has 3 atom stereocenters. The lowest BCUT2D eigenvalue weighted by Crippen LogP contribution is -2.43. The first-order valence-electron chi connectivity index (χ1n) is 13.7. The van der Waals surface area contributed by atoms with Crippen LogP contribution in [0.25, 0.3) is 0 Å². The van der Waals surface area contributed by atoms with Crippen molar-refractivity contribution >= 4 is 25.7 Å². The molecule has 0 saturated heterocycles. The number of carbonyl (C=O) groups is 3. The van der Waals surface area contributed by atoms with Gasteiger partial charge in [0.25, 0.3) is 0 Å². The molecule has 0 aromatic heterocycles. The number of allylic oxidation sites excluding steroid dienone is 2. The largest absolute Gasteiger partial charge is 0.480 e. The Labute approximate surface area is 226 Å². The van der Waals surface area contributed by atoms with Gasteiger partial charge in [0, 0.05) is 13.3 Å². The number of amides is 1. The number of unbranched alkanes of at least 4 members (excludes halogenated alkanes) is 11. The smallest absolute Gasteiger partial charge is 0.472 e. The van der Waals surface area contributed by atoms with Crippen molar-refractivity contribution < 1.29 is 47.8 Å². The van der Waals surface area contributed by atoms with Crippen molar-refractivity contribution in [1.82, 2.24) is 5.32 Å². The summed E-state index contributed by atoms with van der Waals surface area (Å²) in [4.78, 5) is 43.8. The molecule has 0 aromatic rings. The Morgan fingerprint density at radius 1 is 0.842 bits per heavy atom. The van der Waals surface area contributed by atoms with Crippen LogP contribution in [0.5, 0.6) is 0 Å². The molecule has 0 fully saturated rings. The SMILES string of the molecule is CCCCCCCC/C=C\CCCCCCCC(=O)NC(COP(=O)(O)OCC(O)COC(C)=O)C(=O)O. The number of rotatable bonds is 25. The van der Waals surface area contributed by atoms with Crippen LogP contribution in [0.1, 0.15) is 104 Å². The standard InChI is InChI=1S/C26H48NO10P/c1-3-4-5-6-7-8-9-10-11-12-13-14-15-16-17-18-25(30)27-24(26(31)32)21-37-38(33,34)36-20-23(29)19-35-22(2)28/h10-11,23-24,29H,3-9,12-21H2,1-2H3,(H,27,30)(H,31,32)(H,33,34)/b11-10-. The van der Waals surface area contributed by atoms with Gasteiger partial charge in [-0.25, -0.2) is 9.36 Å². The first-order chi connectivity index (χ1) is 18.1. The summed E-state index contributed by atoms with van der Waals surface area (Å²) in [6.07, 6.45) is 17.9. The van der Waals surface area contributed by atoms with E-state index in [1.54, 1.807) is 0 Å². The van der Waals surface area contributed by atoms with Gasteiger partial charge in [0.15, 0.2) is 6.04 Å². The van der Waals surface area contributed by atoms with Gasteiger partial charge in [-0.1, -0.05) is 70.4 Å². The number of aliphatic hydroxyl groups excluding tert-OH is 1. The lowest BCUT2D eigenvalue weighted by atomic mass is 10.1. The summed E-state index contributed by atoms with van der Waals surface area (Å²) in [6, 6.07) is -1.54. The van der Waals surface area contributed by atoms with Crippen LogP contribution in [-0.4, -0.2) is 64.9 Å². The van der Waals surface area contributed by atoms with E-state index in [9.17, 15) is 34.1 Å². The van der Waals surface area contributed by atoms with E-state index in [0.29, 0.717) is 6.42 Å². The number of esters is 1. The maximum absolute atomic E-state index is 12.1. The normalized spacial score (nSPS) is 14.6. The average Bonchev–Trinajstić information content (AvgIpc) is 2.86. The number of phosphoric ester groups is 1. The molecule has 0 aliphatic rings. The predicted octanol–water partition coefficient (Wildman–Crippen LogP) is 4.65. The summed E-state index contributed by atoms with van der Waals surface area (Å²) in [5.74, 6) is -2.57. The molecule has 0 bridgehead atoms. The summed E-state index contributed by atoms with van der Waals surface area (Å²) >= 11 is 0. The van der Waals surface area contributed by atoms with Crippen LogP contribution in [0.3, 0.4) is 0 Å². The first-order valence-corrected chi connectivity index (χ1v) is 15.2. The van der Waals surface area contributed by atoms with Crippen LogP contribution in [-0.2, 0) is 32.7 Å². The molecular formula is C26H48NO10P. The van der Waals surface area contributed by atoms with Gasteiger partial charge in [0.2, 0.25) is 5.91 Å². The molecule has 11 nitrogen and oxygen atoms in total. The minimum atomic E-state index is -4.70. The van der Waals surface area contributed by atoms with E-state index in [-0.39, 0.29) is 6.42 Å². The Bertz CT molecular complexity index is 731. The molecule has 0 aromatic carbocycles. The Balaban J connectivity index is 3.96. The number of aliphatic hydroxyl groups is 1. The van der Waals surface area contributed by atoms with Crippen molar-refractivity contribution in [2.24, 2.45) is 0 Å². The van der Waals surface area contributed by atoms with Crippen LogP contribution >= 0.6 is 7.82 Å². The van der Waals surface area contributed by atoms with Gasteiger partial charge in [0.05, 0.1) is 13.2 Å². The van der Waals surface area contributed by atoms with Crippen molar-refractivity contribution in [3.63, 3.8) is 0 Å². The van der Waals surface area contributed by atoms with Crippen molar-refractivity contribution in [3.8, 4) is 0 Å². The molecule has 0 aliphatic heterocycles. The van der Waals surface area contributed by atoms with Gasteiger partial charge in [-0.2, -0.15) is 0 Å². The highest BCUT2D eigenvalue weighted by Gasteiger charge is 2.28. The number of phosphoric acid groups is 1. The van der Waals surface area contributed by atoms with E-state index >= 15 is 0 Å². The van der Waals surface area contributed by atoms with E-state index < -0.39 is 57.6 Å². The van der Waals surface area contributed by atoms with E-state index in [1.807, 2.05) is 0 Å². The highest BCUT2D eigenvalue weighted by Crippen LogP contribution is 2.43. The minimum Gasteiger partial charge on any atom is -0.480 e. The summed E-state index contributed by atoms with van der Waals surface area (Å²) in [5.41, 5.74) is 0.